The predicted octanol–water partition coefficient (Wildman–Crippen LogP) is 5.06. The molecule has 0 atom stereocenters. The minimum absolute atomic E-state index is 0.715. The van der Waals surface area contributed by atoms with Crippen molar-refractivity contribution in [3.8, 4) is 22.5 Å². The van der Waals surface area contributed by atoms with Crippen LogP contribution < -0.4 is 0 Å². The smallest absolute Gasteiger partial charge is 0.209 e. The molecular weight excluding hydrogens is 412 g/mol. The summed E-state index contributed by atoms with van der Waals surface area (Å²) in [7, 11) is 0. The van der Waals surface area contributed by atoms with Gasteiger partial charge in [-0.05, 0) is 12.8 Å². The standard InChI is InChI=1S/C22H20N6S2/c1-3-9-17(10-4-1)19-15-23-27-21(25-19)29-13-7-8-14-30-22-26-20(16-24-28-22)18-11-5-2-6-12-18/h1-6,9-12,15-16H,7-8,13-14H2. The van der Waals surface area contributed by atoms with E-state index >= 15 is 0 Å². The molecule has 4 aromatic rings. The second-order valence-corrected chi connectivity index (χ2v) is 8.51. The van der Waals surface area contributed by atoms with Crippen LogP contribution in [0.5, 0.6) is 0 Å². The molecule has 2 aromatic carbocycles. The third-order valence-corrected chi connectivity index (χ3v) is 6.07. The lowest BCUT2D eigenvalue weighted by Crippen LogP contribution is -1.95. The highest BCUT2D eigenvalue weighted by atomic mass is 32.2. The van der Waals surface area contributed by atoms with Gasteiger partial charge in [0, 0.05) is 22.6 Å². The van der Waals surface area contributed by atoms with E-state index in [1.165, 1.54) is 0 Å². The van der Waals surface area contributed by atoms with E-state index in [9.17, 15) is 0 Å². The Hall–Kier alpha value is -2.84. The van der Waals surface area contributed by atoms with E-state index in [0.717, 1.165) is 46.9 Å². The zero-order valence-corrected chi connectivity index (χ0v) is 17.9. The van der Waals surface area contributed by atoms with E-state index in [4.69, 9.17) is 0 Å². The van der Waals surface area contributed by atoms with Crippen LogP contribution in [0.2, 0.25) is 0 Å². The normalized spacial score (nSPS) is 10.8. The number of aromatic nitrogens is 6. The van der Waals surface area contributed by atoms with E-state index in [2.05, 4.69) is 30.4 Å². The first-order valence-electron chi connectivity index (χ1n) is 9.64. The van der Waals surface area contributed by atoms with Crippen LogP contribution in [0.4, 0.5) is 0 Å². The van der Waals surface area contributed by atoms with Gasteiger partial charge in [0.25, 0.3) is 0 Å². The highest BCUT2D eigenvalue weighted by molar-refractivity contribution is 7.99. The van der Waals surface area contributed by atoms with Gasteiger partial charge in [0.15, 0.2) is 0 Å². The Morgan fingerprint density at radius 3 is 1.43 bits per heavy atom. The van der Waals surface area contributed by atoms with Crippen LogP contribution in [0.15, 0.2) is 83.4 Å². The Morgan fingerprint density at radius 2 is 1.00 bits per heavy atom. The van der Waals surface area contributed by atoms with E-state index in [1.807, 2.05) is 60.7 Å². The molecule has 0 fully saturated rings. The molecule has 0 unspecified atom stereocenters. The topological polar surface area (TPSA) is 77.3 Å². The molecule has 30 heavy (non-hydrogen) atoms. The zero-order chi connectivity index (χ0) is 20.4. The largest absolute Gasteiger partial charge is 0.219 e. The van der Waals surface area contributed by atoms with E-state index in [0.29, 0.717) is 10.3 Å². The van der Waals surface area contributed by atoms with Gasteiger partial charge >= 0.3 is 0 Å². The lowest BCUT2D eigenvalue weighted by Gasteiger charge is -2.04. The molecule has 0 aliphatic heterocycles. The fraction of sp³-hybridized carbons (Fsp3) is 0.182. The number of thioether (sulfide) groups is 2. The van der Waals surface area contributed by atoms with Crippen LogP contribution in [0.25, 0.3) is 22.5 Å². The van der Waals surface area contributed by atoms with Crippen molar-refractivity contribution < 1.29 is 0 Å². The fourth-order valence-corrected chi connectivity index (χ4v) is 4.32. The second-order valence-electron chi connectivity index (χ2n) is 6.38. The van der Waals surface area contributed by atoms with Crippen LogP contribution in [-0.2, 0) is 0 Å². The van der Waals surface area contributed by atoms with Gasteiger partial charge in [-0.25, -0.2) is 9.97 Å². The summed E-state index contributed by atoms with van der Waals surface area (Å²) in [6.07, 6.45) is 5.52. The highest BCUT2D eigenvalue weighted by Gasteiger charge is 2.05. The Kier molecular flexibility index (Phi) is 7.36. The molecule has 2 heterocycles. The number of rotatable bonds is 9. The first-order valence-corrected chi connectivity index (χ1v) is 11.6. The molecule has 0 spiro atoms. The maximum Gasteiger partial charge on any atom is 0.209 e. The monoisotopic (exact) mass is 432 g/mol. The molecular formula is C22H20N6S2. The Bertz CT molecular complexity index is 976. The first kappa shape index (κ1) is 20.4. The number of unbranched alkanes of at least 4 members (excludes halogenated alkanes) is 1. The molecule has 0 saturated carbocycles. The summed E-state index contributed by atoms with van der Waals surface area (Å²) in [6.45, 7) is 0. The molecule has 0 aliphatic rings. The molecule has 0 radical (unpaired) electrons. The van der Waals surface area contributed by atoms with Crippen molar-refractivity contribution >= 4 is 23.5 Å². The molecule has 150 valence electrons. The SMILES string of the molecule is c1ccc(-c2cnnc(SCCCCSc3nncc(-c4ccccc4)n3)n2)cc1. The van der Waals surface area contributed by atoms with Gasteiger partial charge in [-0.15, -0.1) is 10.2 Å². The minimum atomic E-state index is 0.715. The third-order valence-electron chi connectivity index (χ3n) is 4.22. The van der Waals surface area contributed by atoms with Crippen LogP contribution in [-0.4, -0.2) is 41.9 Å². The van der Waals surface area contributed by atoms with Gasteiger partial charge in [-0.1, -0.05) is 84.2 Å². The summed E-state index contributed by atoms with van der Waals surface area (Å²) >= 11 is 3.28. The average molecular weight is 433 g/mol. The maximum atomic E-state index is 4.60. The Labute approximate surface area is 184 Å². The van der Waals surface area contributed by atoms with E-state index in [-0.39, 0.29) is 0 Å². The number of hydrogen-bond donors (Lipinski definition) is 0. The third kappa shape index (κ3) is 5.84. The van der Waals surface area contributed by atoms with Crippen molar-refractivity contribution in [1.29, 1.82) is 0 Å². The Morgan fingerprint density at radius 1 is 0.567 bits per heavy atom. The van der Waals surface area contributed by atoms with Crippen LogP contribution in [0, 0.1) is 0 Å². The lowest BCUT2D eigenvalue weighted by atomic mass is 10.2. The average Bonchev–Trinajstić information content (AvgIpc) is 2.83. The molecule has 0 bridgehead atoms. The Balaban J connectivity index is 1.21. The number of hydrogen-bond acceptors (Lipinski definition) is 8. The van der Waals surface area contributed by atoms with Gasteiger partial charge < -0.3 is 0 Å². The highest BCUT2D eigenvalue weighted by Crippen LogP contribution is 2.22. The van der Waals surface area contributed by atoms with Crippen molar-refractivity contribution in [2.75, 3.05) is 11.5 Å². The molecule has 0 aliphatic carbocycles. The summed E-state index contributed by atoms with van der Waals surface area (Å²) in [5.41, 5.74) is 3.81. The van der Waals surface area contributed by atoms with Crippen LogP contribution in [0.1, 0.15) is 12.8 Å². The fourth-order valence-electron chi connectivity index (χ4n) is 2.72. The van der Waals surface area contributed by atoms with E-state index < -0.39 is 0 Å². The molecule has 2 aromatic heterocycles. The molecule has 6 nitrogen and oxygen atoms in total. The summed E-state index contributed by atoms with van der Waals surface area (Å²) in [4.78, 5) is 9.21. The predicted molar refractivity (Wildman–Crippen MR) is 121 cm³/mol. The second kappa shape index (κ2) is 10.8. The number of benzene rings is 2. The van der Waals surface area contributed by atoms with Crippen molar-refractivity contribution in [3.05, 3.63) is 73.1 Å². The molecule has 0 amide bonds. The number of nitrogens with zero attached hydrogens (tertiary/aromatic N) is 6. The molecule has 4 rings (SSSR count). The van der Waals surface area contributed by atoms with Crippen molar-refractivity contribution in [2.24, 2.45) is 0 Å². The van der Waals surface area contributed by atoms with Crippen molar-refractivity contribution in [2.45, 2.75) is 23.2 Å². The molecule has 0 N–H and O–H groups in total. The van der Waals surface area contributed by atoms with E-state index in [1.54, 1.807) is 35.9 Å². The van der Waals surface area contributed by atoms with Crippen molar-refractivity contribution in [1.82, 2.24) is 30.4 Å². The first-order chi connectivity index (χ1) is 14.9. The summed E-state index contributed by atoms with van der Waals surface area (Å²) in [6, 6.07) is 20.1. The molecule has 0 saturated heterocycles. The molecule has 8 heteroatoms. The maximum absolute atomic E-state index is 4.60. The van der Waals surface area contributed by atoms with Gasteiger partial charge in [0.2, 0.25) is 10.3 Å². The summed E-state index contributed by atoms with van der Waals surface area (Å²) < 4.78 is 0. The van der Waals surface area contributed by atoms with Crippen LogP contribution >= 0.6 is 23.5 Å². The quantitative estimate of drug-likeness (QED) is 0.268. The van der Waals surface area contributed by atoms with Gasteiger partial charge in [-0.2, -0.15) is 10.2 Å². The van der Waals surface area contributed by atoms with Gasteiger partial charge in [0.1, 0.15) is 0 Å². The summed E-state index contributed by atoms with van der Waals surface area (Å²) in [5, 5.41) is 17.9. The zero-order valence-electron chi connectivity index (χ0n) is 16.3. The van der Waals surface area contributed by atoms with Gasteiger partial charge in [0.05, 0.1) is 23.8 Å². The minimum Gasteiger partial charge on any atom is -0.219 e. The summed E-state index contributed by atoms with van der Waals surface area (Å²) in [5.74, 6) is 1.90. The van der Waals surface area contributed by atoms with Crippen molar-refractivity contribution in [3.63, 3.8) is 0 Å². The van der Waals surface area contributed by atoms with Gasteiger partial charge in [-0.3, -0.25) is 0 Å². The van der Waals surface area contributed by atoms with Crippen LogP contribution in [0.3, 0.4) is 0 Å². The lowest BCUT2D eigenvalue weighted by molar-refractivity contribution is 0.831.